The summed E-state index contributed by atoms with van der Waals surface area (Å²) in [5, 5.41) is 7.45. The quantitative estimate of drug-likeness (QED) is 0.843. The SMILES string of the molecule is COc1ccc(Cn2cc(C(=O)NC3CCCCC3CN)cn2)cc1. The Hall–Kier alpha value is -2.34. The maximum absolute atomic E-state index is 12.5. The van der Waals surface area contributed by atoms with Crippen LogP contribution in [0.5, 0.6) is 5.75 Å². The van der Waals surface area contributed by atoms with Crippen LogP contribution in [0.3, 0.4) is 0 Å². The Kier molecular flexibility index (Phi) is 5.71. The summed E-state index contributed by atoms with van der Waals surface area (Å²) in [5.41, 5.74) is 7.54. The predicted molar refractivity (Wildman–Crippen MR) is 96.6 cm³/mol. The third kappa shape index (κ3) is 4.39. The highest BCUT2D eigenvalue weighted by atomic mass is 16.5. The number of nitrogens with zero attached hydrogens (tertiary/aromatic N) is 2. The van der Waals surface area contributed by atoms with Gasteiger partial charge < -0.3 is 15.8 Å². The molecule has 0 bridgehead atoms. The molecule has 3 N–H and O–H groups in total. The highest BCUT2D eigenvalue weighted by molar-refractivity contribution is 5.93. The van der Waals surface area contributed by atoms with Gasteiger partial charge in [0.05, 0.1) is 25.4 Å². The van der Waals surface area contributed by atoms with Gasteiger partial charge in [-0.05, 0) is 43.0 Å². The summed E-state index contributed by atoms with van der Waals surface area (Å²) in [6, 6.07) is 8.00. The van der Waals surface area contributed by atoms with Crippen molar-refractivity contribution in [1.29, 1.82) is 0 Å². The minimum absolute atomic E-state index is 0.0636. The van der Waals surface area contributed by atoms with Gasteiger partial charge in [0, 0.05) is 12.2 Å². The molecular weight excluding hydrogens is 316 g/mol. The monoisotopic (exact) mass is 342 g/mol. The molecule has 1 aromatic heterocycles. The molecule has 0 spiro atoms. The van der Waals surface area contributed by atoms with E-state index < -0.39 is 0 Å². The molecule has 2 atom stereocenters. The van der Waals surface area contributed by atoms with Crippen molar-refractivity contribution < 1.29 is 9.53 Å². The van der Waals surface area contributed by atoms with Crippen molar-refractivity contribution in [1.82, 2.24) is 15.1 Å². The molecule has 1 fully saturated rings. The first-order chi connectivity index (χ1) is 12.2. The summed E-state index contributed by atoms with van der Waals surface area (Å²) in [5.74, 6) is 1.14. The number of nitrogens with two attached hydrogens (primary N) is 1. The van der Waals surface area contributed by atoms with E-state index >= 15 is 0 Å². The second-order valence-electron chi connectivity index (χ2n) is 6.63. The maximum Gasteiger partial charge on any atom is 0.254 e. The van der Waals surface area contributed by atoms with Crippen LogP contribution in [0.25, 0.3) is 0 Å². The van der Waals surface area contributed by atoms with Gasteiger partial charge in [-0.25, -0.2) is 0 Å². The zero-order valence-corrected chi connectivity index (χ0v) is 14.6. The van der Waals surface area contributed by atoms with Gasteiger partial charge in [-0.15, -0.1) is 0 Å². The molecule has 0 aliphatic heterocycles. The summed E-state index contributed by atoms with van der Waals surface area (Å²) in [6.07, 6.45) is 7.87. The number of carbonyl (C=O) groups is 1. The van der Waals surface area contributed by atoms with Crippen molar-refractivity contribution in [3.05, 3.63) is 47.8 Å². The van der Waals surface area contributed by atoms with Gasteiger partial charge in [-0.3, -0.25) is 9.48 Å². The fourth-order valence-corrected chi connectivity index (χ4v) is 3.42. The minimum Gasteiger partial charge on any atom is -0.497 e. The average molecular weight is 342 g/mol. The van der Waals surface area contributed by atoms with Gasteiger partial charge in [-0.1, -0.05) is 25.0 Å². The lowest BCUT2D eigenvalue weighted by atomic mass is 9.84. The third-order valence-corrected chi connectivity index (χ3v) is 4.93. The van der Waals surface area contributed by atoms with Crippen LogP contribution in [-0.4, -0.2) is 35.4 Å². The fourth-order valence-electron chi connectivity index (χ4n) is 3.42. The Morgan fingerprint density at radius 3 is 2.80 bits per heavy atom. The van der Waals surface area contributed by atoms with Crippen LogP contribution < -0.4 is 15.8 Å². The zero-order chi connectivity index (χ0) is 17.6. The molecule has 6 nitrogen and oxygen atoms in total. The van der Waals surface area contributed by atoms with Crippen molar-refractivity contribution in [3.63, 3.8) is 0 Å². The van der Waals surface area contributed by atoms with Crippen LogP contribution in [0.15, 0.2) is 36.7 Å². The van der Waals surface area contributed by atoms with Crippen LogP contribution in [0, 0.1) is 5.92 Å². The number of carbonyl (C=O) groups excluding carboxylic acids is 1. The number of benzene rings is 1. The van der Waals surface area contributed by atoms with Gasteiger partial charge in [0.1, 0.15) is 5.75 Å². The van der Waals surface area contributed by atoms with Crippen molar-refractivity contribution in [2.24, 2.45) is 11.7 Å². The van der Waals surface area contributed by atoms with Crippen LogP contribution >= 0.6 is 0 Å². The van der Waals surface area contributed by atoms with Crippen molar-refractivity contribution >= 4 is 5.91 Å². The van der Waals surface area contributed by atoms with E-state index in [1.54, 1.807) is 24.2 Å². The lowest BCUT2D eigenvalue weighted by molar-refractivity contribution is 0.0908. The highest BCUT2D eigenvalue weighted by Gasteiger charge is 2.26. The number of amides is 1. The molecule has 1 aliphatic rings. The Morgan fingerprint density at radius 1 is 1.32 bits per heavy atom. The number of aromatic nitrogens is 2. The minimum atomic E-state index is -0.0636. The van der Waals surface area contributed by atoms with Gasteiger partial charge in [0.15, 0.2) is 0 Å². The molecule has 2 aromatic rings. The highest BCUT2D eigenvalue weighted by Crippen LogP contribution is 2.23. The topological polar surface area (TPSA) is 82.2 Å². The predicted octanol–water partition coefficient (Wildman–Crippen LogP) is 2.19. The van der Waals surface area contributed by atoms with Crippen molar-refractivity contribution in [2.45, 2.75) is 38.3 Å². The molecule has 0 saturated heterocycles. The molecule has 3 rings (SSSR count). The molecule has 25 heavy (non-hydrogen) atoms. The third-order valence-electron chi connectivity index (χ3n) is 4.93. The van der Waals surface area contributed by atoms with Crippen molar-refractivity contribution in [3.8, 4) is 5.75 Å². The van der Waals surface area contributed by atoms with E-state index in [9.17, 15) is 4.79 Å². The first-order valence-electron chi connectivity index (χ1n) is 8.86. The summed E-state index contributed by atoms with van der Waals surface area (Å²) < 4.78 is 6.94. The standard InChI is InChI=1S/C19H26N4O2/c1-25-17-8-6-14(7-9-17)12-23-13-16(11-21-23)19(24)22-18-5-3-2-4-15(18)10-20/h6-9,11,13,15,18H,2-5,10,12,20H2,1H3,(H,22,24). The summed E-state index contributed by atoms with van der Waals surface area (Å²) in [6.45, 7) is 1.24. The largest absolute Gasteiger partial charge is 0.497 e. The Bertz CT molecular complexity index is 696. The van der Waals surface area contributed by atoms with E-state index in [0.29, 0.717) is 24.6 Å². The molecule has 134 valence electrons. The summed E-state index contributed by atoms with van der Waals surface area (Å²) in [7, 11) is 1.65. The molecule has 2 unspecified atom stereocenters. The second-order valence-corrected chi connectivity index (χ2v) is 6.63. The normalized spacial score (nSPS) is 20.2. The van der Waals surface area contributed by atoms with E-state index in [1.165, 1.54) is 6.42 Å². The molecule has 1 saturated carbocycles. The Labute approximate surface area is 148 Å². The molecule has 6 heteroatoms. The molecule has 1 heterocycles. The van der Waals surface area contributed by atoms with E-state index in [0.717, 1.165) is 30.6 Å². The first-order valence-corrected chi connectivity index (χ1v) is 8.86. The van der Waals surface area contributed by atoms with Crippen LogP contribution in [-0.2, 0) is 6.54 Å². The number of ether oxygens (including phenoxy) is 1. The fraction of sp³-hybridized carbons (Fsp3) is 0.474. The second kappa shape index (κ2) is 8.16. The Morgan fingerprint density at radius 2 is 2.08 bits per heavy atom. The molecule has 1 amide bonds. The number of hydrogen-bond donors (Lipinski definition) is 2. The smallest absolute Gasteiger partial charge is 0.254 e. The van der Waals surface area contributed by atoms with Gasteiger partial charge >= 0.3 is 0 Å². The summed E-state index contributed by atoms with van der Waals surface area (Å²) in [4.78, 5) is 12.5. The number of methoxy groups -OCH3 is 1. The lowest BCUT2D eigenvalue weighted by Gasteiger charge is -2.31. The average Bonchev–Trinajstić information content (AvgIpc) is 3.11. The van der Waals surface area contributed by atoms with Crippen LogP contribution in [0.2, 0.25) is 0 Å². The van der Waals surface area contributed by atoms with Gasteiger partial charge in [0.25, 0.3) is 5.91 Å². The van der Waals surface area contributed by atoms with E-state index in [-0.39, 0.29) is 11.9 Å². The number of nitrogens with one attached hydrogen (secondary N) is 1. The first kappa shape index (κ1) is 17.5. The summed E-state index contributed by atoms with van der Waals surface area (Å²) >= 11 is 0. The molecule has 0 radical (unpaired) electrons. The van der Waals surface area contributed by atoms with E-state index in [1.807, 2.05) is 24.3 Å². The van der Waals surface area contributed by atoms with E-state index in [4.69, 9.17) is 10.5 Å². The van der Waals surface area contributed by atoms with Gasteiger partial charge in [0.2, 0.25) is 0 Å². The molecular formula is C19H26N4O2. The van der Waals surface area contributed by atoms with Crippen LogP contribution in [0.1, 0.15) is 41.6 Å². The molecule has 1 aromatic carbocycles. The van der Waals surface area contributed by atoms with Crippen molar-refractivity contribution in [2.75, 3.05) is 13.7 Å². The maximum atomic E-state index is 12.5. The zero-order valence-electron chi connectivity index (χ0n) is 14.6. The lowest BCUT2D eigenvalue weighted by Crippen LogP contribution is -2.44. The molecule has 1 aliphatic carbocycles. The number of rotatable bonds is 6. The van der Waals surface area contributed by atoms with E-state index in [2.05, 4.69) is 10.4 Å². The van der Waals surface area contributed by atoms with Gasteiger partial charge in [-0.2, -0.15) is 5.10 Å². The van der Waals surface area contributed by atoms with Crippen LogP contribution in [0.4, 0.5) is 0 Å². The Balaban J connectivity index is 1.60. The number of hydrogen-bond acceptors (Lipinski definition) is 4.